The number of aryl methyl sites for hydroxylation is 1. The maximum atomic E-state index is 12.9. The summed E-state index contributed by atoms with van der Waals surface area (Å²) < 4.78 is 0. The molecule has 29 heavy (non-hydrogen) atoms. The number of Topliss-reactive ketones (excluding diaryl/α,β-unsaturated/α-hetero) is 1. The Hall–Kier alpha value is -3.12. The number of nitrogens with one attached hydrogen (secondary N) is 1. The molecule has 150 valence electrons. The van der Waals surface area contributed by atoms with Gasteiger partial charge in [0.1, 0.15) is 5.75 Å². The zero-order chi connectivity index (χ0) is 20.5. The van der Waals surface area contributed by atoms with Crippen molar-refractivity contribution < 1.29 is 19.8 Å². The number of amides is 1. The molecular formula is C23H24N2O4. The van der Waals surface area contributed by atoms with Crippen LogP contribution in [-0.4, -0.2) is 44.9 Å². The highest BCUT2D eigenvalue weighted by atomic mass is 16.3. The van der Waals surface area contributed by atoms with E-state index >= 15 is 0 Å². The molecule has 0 aliphatic carbocycles. The highest BCUT2D eigenvalue weighted by Gasteiger charge is 2.32. The average Bonchev–Trinajstić information content (AvgIpc) is 3.08. The third-order valence-electron chi connectivity index (χ3n) is 5.78. The fourth-order valence-corrected chi connectivity index (χ4v) is 4.17. The summed E-state index contributed by atoms with van der Waals surface area (Å²) in [6.45, 7) is 2.73. The number of carbonyl (C=O) groups is 2. The van der Waals surface area contributed by atoms with Gasteiger partial charge >= 0.3 is 0 Å². The van der Waals surface area contributed by atoms with Crippen LogP contribution in [0.3, 0.4) is 0 Å². The molecule has 0 spiro atoms. The number of hydrogen-bond donors (Lipinski definition) is 3. The first-order valence-corrected chi connectivity index (χ1v) is 9.83. The van der Waals surface area contributed by atoms with E-state index in [4.69, 9.17) is 0 Å². The van der Waals surface area contributed by atoms with Gasteiger partial charge in [0.2, 0.25) is 0 Å². The number of fused-ring (bicyclic) bond motifs is 1. The van der Waals surface area contributed by atoms with Gasteiger partial charge in [0.05, 0.1) is 0 Å². The summed E-state index contributed by atoms with van der Waals surface area (Å²) in [6, 6.07) is 13.9. The molecule has 2 aromatic carbocycles. The first kappa shape index (κ1) is 19.2. The van der Waals surface area contributed by atoms with Gasteiger partial charge in [-0.25, -0.2) is 0 Å². The number of phenolic OH excluding ortho intramolecular Hbond substituents is 1. The van der Waals surface area contributed by atoms with Crippen molar-refractivity contribution in [3.8, 4) is 5.75 Å². The van der Waals surface area contributed by atoms with Gasteiger partial charge in [0, 0.05) is 46.7 Å². The monoisotopic (exact) mass is 392 g/mol. The Morgan fingerprint density at radius 1 is 1.07 bits per heavy atom. The predicted molar refractivity (Wildman–Crippen MR) is 110 cm³/mol. The van der Waals surface area contributed by atoms with Crippen LogP contribution < -0.4 is 0 Å². The molecule has 1 saturated heterocycles. The number of phenols is 1. The number of aromatic amines is 1. The molecule has 1 aliphatic rings. The second-order valence-corrected chi connectivity index (χ2v) is 7.62. The van der Waals surface area contributed by atoms with Crippen molar-refractivity contribution in [3.63, 3.8) is 0 Å². The van der Waals surface area contributed by atoms with Crippen molar-refractivity contribution in [1.29, 1.82) is 0 Å². The van der Waals surface area contributed by atoms with Crippen LogP contribution in [0.2, 0.25) is 0 Å². The van der Waals surface area contributed by atoms with Crippen LogP contribution in [0.25, 0.3) is 10.9 Å². The molecule has 0 bridgehead atoms. The largest absolute Gasteiger partial charge is 0.508 e. The average molecular weight is 392 g/mol. The number of para-hydroxylation sites is 1. The topological polar surface area (TPSA) is 93.6 Å². The Balaban J connectivity index is 1.44. The van der Waals surface area contributed by atoms with Crippen LogP contribution >= 0.6 is 0 Å². The number of ketones is 1. The number of aromatic hydroxyl groups is 1. The SMILES string of the molecule is Cc1[nH]c2ccccc2c1C(O)C(=O)N1CCC(C(=O)c2ccc(O)cc2)CC1. The van der Waals surface area contributed by atoms with Crippen LogP contribution in [0.5, 0.6) is 5.75 Å². The lowest BCUT2D eigenvalue weighted by Crippen LogP contribution is -2.42. The number of carbonyl (C=O) groups excluding carboxylic acids is 2. The van der Waals surface area contributed by atoms with E-state index in [2.05, 4.69) is 4.98 Å². The quantitative estimate of drug-likeness (QED) is 0.594. The predicted octanol–water partition coefficient (Wildman–Crippen LogP) is 3.34. The van der Waals surface area contributed by atoms with Gasteiger partial charge in [-0.15, -0.1) is 0 Å². The van der Waals surface area contributed by atoms with Gasteiger partial charge < -0.3 is 20.1 Å². The summed E-state index contributed by atoms with van der Waals surface area (Å²) in [6.07, 6.45) is -0.105. The molecule has 1 amide bonds. The van der Waals surface area contributed by atoms with Crippen LogP contribution in [0.1, 0.15) is 40.6 Å². The highest BCUT2D eigenvalue weighted by molar-refractivity contribution is 5.98. The zero-order valence-corrected chi connectivity index (χ0v) is 16.3. The minimum Gasteiger partial charge on any atom is -0.508 e. The highest BCUT2D eigenvalue weighted by Crippen LogP contribution is 2.30. The molecule has 1 fully saturated rings. The maximum Gasteiger partial charge on any atom is 0.256 e. The van der Waals surface area contributed by atoms with Crippen LogP contribution in [0, 0.1) is 12.8 Å². The molecular weight excluding hydrogens is 368 g/mol. The Morgan fingerprint density at radius 2 is 1.72 bits per heavy atom. The van der Waals surface area contributed by atoms with Crippen LogP contribution in [-0.2, 0) is 4.79 Å². The Morgan fingerprint density at radius 3 is 2.41 bits per heavy atom. The number of aliphatic hydroxyl groups is 1. The Kier molecular flexibility index (Phi) is 5.11. The molecule has 1 atom stereocenters. The van der Waals surface area contributed by atoms with E-state index in [0.29, 0.717) is 37.1 Å². The lowest BCUT2D eigenvalue weighted by molar-refractivity contribution is -0.141. The molecule has 0 saturated carbocycles. The van der Waals surface area contributed by atoms with E-state index in [0.717, 1.165) is 16.6 Å². The Bertz CT molecular complexity index is 1050. The van der Waals surface area contributed by atoms with Crippen molar-refractivity contribution in [2.45, 2.75) is 25.9 Å². The van der Waals surface area contributed by atoms with Gasteiger partial charge in [-0.3, -0.25) is 9.59 Å². The molecule has 2 heterocycles. The summed E-state index contributed by atoms with van der Waals surface area (Å²) in [7, 11) is 0. The summed E-state index contributed by atoms with van der Waals surface area (Å²) in [5.41, 5.74) is 2.87. The Labute approximate surface area is 168 Å². The van der Waals surface area contributed by atoms with Gasteiger partial charge in [-0.2, -0.15) is 0 Å². The number of aliphatic hydroxyl groups excluding tert-OH is 1. The summed E-state index contributed by atoms with van der Waals surface area (Å²) >= 11 is 0. The third-order valence-corrected chi connectivity index (χ3v) is 5.78. The van der Waals surface area contributed by atoms with E-state index in [-0.39, 0.29) is 23.4 Å². The summed E-state index contributed by atoms with van der Waals surface area (Å²) in [4.78, 5) is 30.4. The minimum absolute atomic E-state index is 0.0325. The number of aromatic nitrogens is 1. The number of hydrogen-bond acceptors (Lipinski definition) is 4. The molecule has 6 nitrogen and oxygen atoms in total. The number of piperidine rings is 1. The first-order chi connectivity index (χ1) is 14.0. The number of likely N-dealkylation sites (tertiary alicyclic amines) is 1. The maximum absolute atomic E-state index is 12.9. The van der Waals surface area contributed by atoms with Gasteiger partial charge in [0.25, 0.3) is 5.91 Å². The molecule has 3 aromatic rings. The lowest BCUT2D eigenvalue weighted by Gasteiger charge is -2.32. The second-order valence-electron chi connectivity index (χ2n) is 7.62. The molecule has 1 unspecified atom stereocenters. The molecule has 1 aliphatic heterocycles. The molecule has 6 heteroatoms. The van der Waals surface area contributed by atoms with Crippen molar-refractivity contribution in [3.05, 3.63) is 65.4 Å². The van der Waals surface area contributed by atoms with Gasteiger partial charge in [-0.1, -0.05) is 18.2 Å². The summed E-state index contributed by atoms with van der Waals surface area (Å²) in [5.74, 6) is -0.322. The number of rotatable bonds is 4. The molecule has 3 N–H and O–H groups in total. The van der Waals surface area contributed by atoms with Crippen molar-refractivity contribution in [2.75, 3.05) is 13.1 Å². The first-order valence-electron chi connectivity index (χ1n) is 9.83. The fourth-order valence-electron chi connectivity index (χ4n) is 4.17. The molecule has 0 radical (unpaired) electrons. The number of benzene rings is 2. The van der Waals surface area contributed by atoms with E-state index in [1.165, 1.54) is 12.1 Å². The van der Waals surface area contributed by atoms with E-state index in [9.17, 15) is 19.8 Å². The van der Waals surface area contributed by atoms with Crippen LogP contribution in [0.15, 0.2) is 48.5 Å². The van der Waals surface area contributed by atoms with E-state index < -0.39 is 6.10 Å². The molecule has 4 rings (SSSR count). The van der Waals surface area contributed by atoms with Gasteiger partial charge in [0.15, 0.2) is 11.9 Å². The third kappa shape index (κ3) is 3.63. The van der Waals surface area contributed by atoms with Crippen molar-refractivity contribution in [1.82, 2.24) is 9.88 Å². The normalized spacial score (nSPS) is 16.1. The number of nitrogens with zero attached hydrogens (tertiary/aromatic N) is 1. The zero-order valence-electron chi connectivity index (χ0n) is 16.3. The van der Waals surface area contributed by atoms with Crippen LogP contribution in [0.4, 0.5) is 0 Å². The van der Waals surface area contributed by atoms with Crippen molar-refractivity contribution >= 4 is 22.6 Å². The summed E-state index contributed by atoms with van der Waals surface area (Å²) in [5, 5.41) is 21.0. The fraction of sp³-hybridized carbons (Fsp3) is 0.304. The molecule has 1 aromatic heterocycles. The number of H-pyrrole nitrogens is 1. The standard InChI is InChI=1S/C23H24N2O4/c1-14-20(18-4-2-3-5-19(18)24-14)22(28)23(29)25-12-10-16(11-13-25)21(27)15-6-8-17(26)9-7-15/h2-9,16,22,24,26,28H,10-13H2,1H3. The van der Waals surface area contributed by atoms with E-state index in [1.807, 2.05) is 31.2 Å². The minimum atomic E-state index is -1.23. The lowest BCUT2D eigenvalue weighted by atomic mass is 9.88. The van der Waals surface area contributed by atoms with E-state index in [1.54, 1.807) is 17.0 Å². The smallest absolute Gasteiger partial charge is 0.256 e. The second kappa shape index (κ2) is 7.72. The van der Waals surface area contributed by atoms with Gasteiger partial charge in [-0.05, 0) is 50.1 Å². The van der Waals surface area contributed by atoms with Crippen molar-refractivity contribution in [2.24, 2.45) is 5.92 Å².